The number of alkyl halides is 3. The zero-order valence-electron chi connectivity index (χ0n) is 29.8. The summed E-state index contributed by atoms with van der Waals surface area (Å²) in [6.07, 6.45) is -1.77. The van der Waals surface area contributed by atoms with Crippen molar-refractivity contribution >= 4 is 35.5 Å². The lowest BCUT2D eigenvalue weighted by molar-refractivity contribution is -0.879. The second-order valence-electron chi connectivity index (χ2n) is 13.4. The summed E-state index contributed by atoms with van der Waals surface area (Å²) in [7, 11) is 5.33. The van der Waals surface area contributed by atoms with Crippen LogP contribution < -0.4 is 26.0 Å². The molecule has 0 bridgehead atoms. The molecule has 0 saturated carbocycles. The lowest BCUT2D eigenvalue weighted by atomic mass is 9.98. The Morgan fingerprint density at radius 2 is 1.35 bits per heavy atom. The van der Waals surface area contributed by atoms with Gasteiger partial charge in [0.25, 0.3) is 11.8 Å². The first kappa shape index (κ1) is 44.5. The molecule has 48 heavy (non-hydrogen) atoms. The molecule has 1 aliphatic rings. The summed E-state index contributed by atoms with van der Waals surface area (Å²) in [5.74, 6) is -4.45. The van der Waals surface area contributed by atoms with Gasteiger partial charge in [-0.2, -0.15) is 13.2 Å². The van der Waals surface area contributed by atoms with Crippen molar-refractivity contribution in [3.8, 4) is 0 Å². The van der Waals surface area contributed by atoms with Crippen LogP contribution in [-0.4, -0.2) is 104 Å². The SMILES string of the molecule is CO[C@H]1CC(=O)N(C(=O)/C=C/[C@H](C)NC(=O)[C@H](CC(C)C)NC(=O)[C@H](CC(C)C)NC(=O)[C@H](C(C)C)[NH+](C)C)[C@H]1C.O=C([O-])C(F)(F)F. The van der Waals surface area contributed by atoms with Gasteiger partial charge in [0.05, 0.1) is 32.7 Å². The zero-order chi connectivity index (χ0) is 37.7. The molecule has 0 radical (unpaired) electrons. The Balaban J connectivity index is 0.00000282. The molecule has 0 spiro atoms. The molecule has 1 rings (SSSR count). The fourth-order valence-corrected chi connectivity index (χ4v) is 5.29. The van der Waals surface area contributed by atoms with Crippen LogP contribution in [0.5, 0.6) is 0 Å². The van der Waals surface area contributed by atoms with Gasteiger partial charge in [-0.1, -0.05) is 47.6 Å². The molecule has 4 N–H and O–H groups in total. The van der Waals surface area contributed by atoms with Gasteiger partial charge in [0, 0.05) is 25.1 Å². The zero-order valence-corrected chi connectivity index (χ0v) is 29.8. The molecule has 276 valence electrons. The lowest BCUT2D eigenvalue weighted by Crippen LogP contribution is -3.12. The van der Waals surface area contributed by atoms with Crippen molar-refractivity contribution in [3.63, 3.8) is 0 Å². The molecule has 5 amide bonds. The Morgan fingerprint density at radius 1 is 0.917 bits per heavy atom. The first-order chi connectivity index (χ1) is 21.9. The monoisotopic (exact) mass is 693 g/mol. The van der Waals surface area contributed by atoms with E-state index in [9.17, 15) is 37.1 Å². The number of carboxylic acid groups (broad SMARTS) is 1. The maximum atomic E-state index is 13.4. The fraction of sp³-hybridized carbons (Fsp3) is 0.750. The molecule has 0 aromatic carbocycles. The Kier molecular flexibility index (Phi) is 18.6. The van der Waals surface area contributed by atoms with Gasteiger partial charge in [0.1, 0.15) is 18.1 Å². The number of ether oxygens (including phenoxy) is 1. The number of carboxylic acids is 1. The Labute approximate surface area is 281 Å². The fourth-order valence-electron chi connectivity index (χ4n) is 5.29. The van der Waals surface area contributed by atoms with Crippen LogP contribution in [0.4, 0.5) is 13.2 Å². The quantitative estimate of drug-likeness (QED) is 0.170. The van der Waals surface area contributed by atoms with Crippen LogP contribution in [0.2, 0.25) is 0 Å². The Bertz CT molecular complexity index is 1140. The van der Waals surface area contributed by atoms with E-state index in [2.05, 4.69) is 16.0 Å². The number of amides is 5. The number of nitrogens with zero attached hydrogens (tertiary/aromatic N) is 1. The number of likely N-dealkylation sites (N-methyl/N-ethyl adjacent to an activating group) is 1. The van der Waals surface area contributed by atoms with E-state index < -0.39 is 48.0 Å². The number of aliphatic carboxylic acids is 1. The topological polar surface area (TPSA) is 178 Å². The standard InChI is InChI=1S/C30H53N5O6.C2HF3O2/c1-17(2)14-22(32-29(39)23(15-18(3)4)33-30(40)27(19(5)6)34(9)10)28(38)31-20(7)12-13-25(36)35-21(8)24(41-11)16-26(35)37;3-2(4,5)1(6)7/h12-13,17-24,27H,14-16H2,1-11H3,(H,31,38)(H,32,39)(H,33,40);(H,6,7)/b13-12+;/t20-,21-,22-,23-,24-,27-;/m0./s1. The van der Waals surface area contributed by atoms with Crippen molar-refractivity contribution in [2.45, 2.75) is 117 Å². The number of carbonyl (C=O) groups is 6. The third-order valence-corrected chi connectivity index (χ3v) is 7.51. The number of halogens is 3. The van der Waals surface area contributed by atoms with Crippen molar-refractivity contribution in [2.24, 2.45) is 17.8 Å². The molecule has 0 unspecified atom stereocenters. The van der Waals surface area contributed by atoms with Crippen LogP contribution in [0.25, 0.3) is 0 Å². The van der Waals surface area contributed by atoms with Gasteiger partial charge in [-0.3, -0.25) is 28.9 Å². The second-order valence-corrected chi connectivity index (χ2v) is 13.4. The highest BCUT2D eigenvalue weighted by atomic mass is 19.4. The summed E-state index contributed by atoms with van der Waals surface area (Å²) in [5, 5.41) is 17.4. The van der Waals surface area contributed by atoms with E-state index in [0.29, 0.717) is 12.8 Å². The van der Waals surface area contributed by atoms with E-state index in [4.69, 9.17) is 14.6 Å². The van der Waals surface area contributed by atoms with Crippen LogP contribution in [0, 0.1) is 17.8 Å². The molecule has 16 heteroatoms. The third-order valence-electron chi connectivity index (χ3n) is 7.51. The maximum absolute atomic E-state index is 13.4. The maximum Gasteiger partial charge on any atom is 0.430 e. The minimum Gasteiger partial charge on any atom is -0.542 e. The van der Waals surface area contributed by atoms with Crippen LogP contribution in [0.15, 0.2) is 12.2 Å². The van der Waals surface area contributed by atoms with E-state index in [1.54, 1.807) is 13.8 Å². The molecule has 13 nitrogen and oxygen atoms in total. The van der Waals surface area contributed by atoms with Gasteiger partial charge in [-0.05, 0) is 38.5 Å². The molecule has 1 fully saturated rings. The van der Waals surface area contributed by atoms with Crippen molar-refractivity contribution < 1.29 is 56.7 Å². The molecule has 0 aromatic heterocycles. The van der Waals surface area contributed by atoms with Crippen LogP contribution in [0.3, 0.4) is 0 Å². The van der Waals surface area contributed by atoms with Crippen LogP contribution in [0.1, 0.15) is 74.7 Å². The lowest BCUT2D eigenvalue weighted by Gasteiger charge is -2.28. The first-order valence-electron chi connectivity index (χ1n) is 16.0. The number of likely N-dealkylation sites (tertiary alicyclic amines) is 1. The summed E-state index contributed by atoms with van der Waals surface area (Å²) >= 11 is 0. The molecule has 1 aliphatic heterocycles. The number of hydrogen-bond acceptors (Lipinski definition) is 8. The first-order valence-corrected chi connectivity index (χ1v) is 16.0. The number of carbonyl (C=O) groups excluding carboxylic acids is 6. The highest BCUT2D eigenvalue weighted by Crippen LogP contribution is 2.22. The summed E-state index contributed by atoms with van der Waals surface area (Å²) in [5.41, 5.74) is 0. The average Bonchev–Trinajstić information content (AvgIpc) is 3.22. The second kappa shape index (κ2) is 20.1. The minimum atomic E-state index is -5.19. The highest BCUT2D eigenvalue weighted by molar-refractivity contribution is 6.03. The van der Waals surface area contributed by atoms with Crippen molar-refractivity contribution in [2.75, 3.05) is 21.2 Å². The molecular weight excluding hydrogens is 639 g/mol. The molecular formula is C32H54F3N5O8. The summed E-state index contributed by atoms with van der Waals surface area (Å²) in [6.45, 7) is 15.3. The van der Waals surface area contributed by atoms with Gasteiger partial charge in [-0.25, -0.2) is 0 Å². The van der Waals surface area contributed by atoms with E-state index in [1.807, 2.05) is 55.6 Å². The van der Waals surface area contributed by atoms with E-state index in [1.165, 1.54) is 24.2 Å². The molecule has 6 atom stereocenters. The number of methoxy groups -OCH3 is 1. The Morgan fingerprint density at radius 3 is 1.71 bits per heavy atom. The smallest absolute Gasteiger partial charge is 0.430 e. The summed E-state index contributed by atoms with van der Waals surface area (Å²) in [6, 6.07) is -2.85. The number of imide groups is 1. The number of quaternary nitrogens is 1. The molecule has 0 aromatic rings. The normalized spacial score (nSPS) is 19.2. The predicted octanol–water partition coefficient (Wildman–Crippen LogP) is -0.261. The van der Waals surface area contributed by atoms with Gasteiger partial charge in [0.2, 0.25) is 17.7 Å². The van der Waals surface area contributed by atoms with Crippen molar-refractivity contribution in [1.29, 1.82) is 0 Å². The van der Waals surface area contributed by atoms with Gasteiger partial charge < -0.3 is 35.5 Å². The van der Waals surface area contributed by atoms with Gasteiger partial charge >= 0.3 is 6.18 Å². The summed E-state index contributed by atoms with van der Waals surface area (Å²) < 4.78 is 36.8. The van der Waals surface area contributed by atoms with E-state index in [-0.39, 0.29) is 54.2 Å². The number of nitrogens with one attached hydrogen (secondary N) is 4. The van der Waals surface area contributed by atoms with Crippen LogP contribution in [-0.2, 0) is 33.5 Å². The third kappa shape index (κ3) is 15.1. The van der Waals surface area contributed by atoms with E-state index in [0.717, 1.165) is 4.90 Å². The summed E-state index contributed by atoms with van der Waals surface area (Å²) in [4.78, 5) is 75.6. The van der Waals surface area contributed by atoms with E-state index >= 15 is 0 Å². The average molecular weight is 694 g/mol. The van der Waals surface area contributed by atoms with Crippen molar-refractivity contribution in [3.05, 3.63) is 12.2 Å². The molecule has 1 heterocycles. The molecule has 1 saturated heterocycles. The Hall–Kier alpha value is -3.53. The largest absolute Gasteiger partial charge is 0.542 e. The van der Waals surface area contributed by atoms with Gasteiger partial charge in [-0.15, -0.1) is 0 Å². The van der Waals surface area contributed by atoms with Gasteiger partial charge in [0.15, 0.2) is 6.04 Å². The van der Waals surface area contributed by atoms with Crippen molar-refractivity contribution in [1.82, 2.24) is 20.9 Å². The number of rotatable bonds is 15. The minimum absolute atomic E-state index is 0.0804. The highest BCUT2D eigenvalue weighted by Gasteiger charge is 2.40. The molecule has 0 aliphatic carbocycles. The predicted molar refractivity (Wildman–Crippen MR) is 169 cm³/mol. The number of hydrogen-bond donors (Lipinski definition) is 4. The van der Waals surface area contributed by atoms with Crippen LogP contribution >= 0.6 is 0 Å².